The van der Waals surface area contributed by atoms with Crippen molar-refractivity contribution < 1.29 is 22.0 Å². The van der Waals surface area contributed by atoms with E-state index >= 15 is 0 Å². The van der Waals surface area contributed by atoms with Crippen LogP contribution in [0.2, 0.25) is 0 Å². The van der Waals surface area contributed by atoms with Crippen molar-refractivity contribution in [2.75, 3.05) is 6.54 Å². The molecule has 0 atom stereocenters. The molecule has 30 heavy (non-hydrogen) atoms. The van der Waals surface area contributed by atoms with Gasteiger partial charge in [0.2, 0.25) is 0 Å². The molecule has 0 unspecified atom stereocenters. The highest BCUT2D eigenvalue weighted by Crippen LogP contribution is 2.30. The number of nitrogens with one attached hydrogen (secondary N) is 1. The van der Waals surface area contributed by atoms with Gasteiger partial charge in [0, 0.05) is 37.2 Å². The van der Waals surface area contributed by atoms with E-state index in [1.807, 2.05) is 4.90 Å². The van der Waals surface area contributed by atoms with E-state index < -0.39 is 28.9 Å². The summed E-state index contributed by atoms with van der Waals surface area (Å²) in [6.45, 7) is 0.829. The molecule has 1 aromatic heterocycles. The van der Waals surface area contributed by atoms with Crippen LogP contribution in [0.1, 0.15) is 22.4 Å². The second-order valence-corrected chi connectivity index (χ2v) is 7.11. The van der Waals surface area contributed by atoms with Crippen LogP contribution >= 0.6 is 0 Å². The number of hydrogen-bond acceptors (Lipinski definition) is 3. The number of hydrogen-bond donors (Lipinski definition) is 1. The normalized spacial score (nSPS) is 14.6. The van der Waals surface area contributed by atoms with Crippen molar-refractivity contribution in [2.45, 2.75) is 25.7 Å². The van der Waals surface area contributed by atoms with Crippen molar-refractivity contribution in [2.24, 2.45) is 0 Å². The molecule has 1 N–H and O–H groups in total. The predicted molar refractivity (Wildman–Crippen MR) is 99.5 cm³/mol. The third kappa shape index (κ3) is 4.11. The van der Waals surface area contributed by atoms with E-state index in [1.165, 1.54) is 12.1 Å². The lowest BCUT2D eigenvalue weighted by Gasteiger charge is -2.27. The lowest BCUT2D eigenvalue weighted by Crippen LogP contribution is -2.35. The molecule has 0 saturated carbocycles. The highest BCUT2D eigenvalue weighted by molar-refractivity contribution is 5.56. The first-order chi connectivity index (χ1) is 14.2. The molecule has 2 aromatic carbocycles. The Bertz CT molecular complexity index is 1140. The zero-order valence-corrected chi connectivity index (χ0v) is 15.6. The van der Waals surface area contributed by atoms with Gasteiger partial charge in [-0.15, -0.1) is 0 Å². The summed E-state index contributed by atoms with van der Waals surface area (Å²) < 4.78 is 65.5. The van der Waals surface area contributed by atoms with Crippen LogP contribution in [0.15, 0.2) is 47.3 Å². The second-order valence-electron chi connectivity index (χ2n) is 7.11. The molecule has 0 amide bonds. The van der Waals surface area contributed by atoms with E-state index in [2.05, 4.69) is 9.97 Å². The van der Waals surface area contributed by atoms with Gasteiger partial charge in [0.1, 0.15) is 17.5 Å². The van der Waals surface area contributed by atoms with Crippen molar-refractivity contribution in [1.29, 1.82) is 0 Å². The number of halogens is 5. The largest absolute Gasteiger partial charge is 0.416 e. The minimum absolute atomic E-state index is 0.142. The zero-order chi connectivity index (χ0) is 21.5. The van der Waals surface area contributed by atoms with Gasteiger partial charge < -0.3 is 4.98 Å². The highest BCUT2D eigenvalue weighted by Gasteiger charge is 2.30. The van der Waals surface area contributed by atoms with Gasteiger partial charge in [-0.1, -0.05) is 12.1 Å². The lowest BCUT2D eigenvalue weighted by atomic mass is 10.0. The van der Waals surface area contributed by atoms with Crippen LogP contribution in [0.3, 0.4) is 0 Å². The van der Waals surface area contributed by atoms with Crippen molar-refractivity contribution in [3.8, 4) is 11.4 Å². The first-order valence-corrected chi connectivity index (χ1v) is 9.16. The van der Waals surface area contributed by atoms with Crippen LogP contribution in [0.5, 0.6) is 0 Å². The van der Waals surface area contributed by atoms with E-state index in [1.54, 1.807) is 0 Å². The van der Waals surface area contributed by atoms with Crippen molar-refractivity contribution in [1.82, 2.24) is 14.9 Å². The van der Waals surface area contributed by atoms with Gasteiger partial charge in [0.05, 0.1) is 16.8 Å². The third-order valence-electron chi connectivity index (χ3n) is 5.04. The van der Waals surface area contributed by atoms with Gasteiger partial charge in [0.25, 0.3) is 5.56 Å². The van der Waals surface area contributed by atoms with Gasteiger partial charge in [-0.2, -0.15) is 13.2 Å². The van der Waals surface area contributed by atoms with E-state index in [-0.39, 0.29) is 24.5 Å². The van der Waals surface area contributed by atoms with Gasteiger partial charge in [-0.3, -0.25) is 9.69 Å². The van der Waals surface area contributed by atoms with Gasteiger partial charge in [0.15, 0.2) is 0 Å². The molecule has 0 saturated heterocycles. The molecule has 1 aliphatic rings. The molecular formula is C21H16F5N3O. The number of nitrogens with zero attached hydrogens (tertiary/aromatic N) is 2. The first-order valence-electron chi connectivity index (χ1n) is 9.16. The minimum Gasteiger partial charge on any atom is -0.306 e. The van der Waals surface area contributed by atoms with Crippen molar-refractivity contribution >= 4 is 0 Å². The fourth-order valence-electron chi connectivity index (χ4n) is 3.48. The second kappa shape index (κ2) is 7.64. The Hall–Kier alpha value is -3.07. The Morgan fingerprint density at radius 3 is 2.50 bits per heavy atom. The summed E-state index contributed by atoms with van der Waals surface area (Å²) in [7, 11) is 0. The highest BCUT2D eigenvalue weighted by atomic mass is 19.4. The fraction of sp³-hybridized carbons (Fsp3) is 0.238. The van der Waals surface area contributed by atoms with Crippen LogP contribution in [0.4, 0.5) is 22.0 Å². The molecule has 0 fully saturated rings. The van der Waals surface area contributed by atoms with Gasteiger partial charge >= 0.3 is 6.18 Å². The van der Waals surface area contributed by atoms with E-state index in [4.69, 9.17) is 0 Å². The Kier molecular flexibility index (Phi) is 5.15. The van der Waals surface area contributed by atoms with E-state index in [9.17, 15) is 26.7 Å². The summed E-state index contributed by atoms with van der Waals surface area (Å²) in [4.78, 5) is 21.4. The van der Waals surface area contributed by atoms with Gasteiger partial charge in [-0.05, 0) is 30.3 Å². The molecular weight excluding hydrogens is 405 g/mol. The standard InChI is InChI=1S/C21H16F5N3O/c22-15-5-6-17(23)13(9-15)10-29-8-7-18-16(11-29)20(30)28-19(27-18)12-1-3-14(4-2-12)21(24,25)26/h1-6,9H,7-8,10-11H2,(H,27,28,30). The number of benzene rings is 2. The molecule has 9 heteroatoms. The molecule has 4 nitrogen and oxygen atoms in total. The molecule has 1 aliphatic heterocycles. The molecule has 0 radical (unpaired) electrons. The van der Waals surface area contributed by atoms with E-state index in [0.29, 0.717) is 29.8 Å². The number of fused-ring (bicyclic) bond motifs is 1. The third-order valence-corrected chi connectivity index (χ3v) is 5.04. The quantitative estimate of drug-likeness (QED) is 0.642. The molecule has 2 heterocycles. The first kappa shape index (κ1) is 20.2. The molecule has 3 aromatic rings. The summed E-state index contributed by atoms with van der Waals surface area (Å²) in [5, 5.41) is 0. The molecule has 0 bridgehead atoms. The maximum atomic E-state index is 13.9. The number of H-pyrrole nitrogens is 1. The smallest absolute Gasteiger partial charge is 0.306 e. The van der Waals surface area contributed by atoms with Crippen LogP contribution in [0.25, 0.3) is 11.4 Å². The van der Waals surface area contributed by atoms with Crippen LogP contribution in [-0.2, 0) is 25.7 Å². The van der Waals surface area contributed by atoms with Gasteiger partial charge in [-0.25, -0.2) is 13.8 Å². The predicted octanol–water partition coefficient (Wildman–Crippen LogP) is 4.29. The molecule has 4 rings (SSSR count). The van der Waals surface area contributed by atoms with Crippen LogP contribution < -0.4 is 5.56 Å². The molecule has 0 spiro atoms. The summed E-state index contributed by atoms with van der Waals surface area (Å²) in [5.41, 5.74) is 0.334. The van der Waals surface area contributed by atoms with Crippen molar-refractivity contribution in [3.63, 3.8) is 0 Å². The Morgan fingerprint density at radius 2 is 1.80 bits per heavy atom. The number of rotatable bonds is 3. The fourth-order valence-corrected chi connectivity index (χ4v) is 3.48. The minimum atomic E-state index is -4.44. The van der Waals surface area contributed by atoms with Crippen molar-refractivity contribution in [3.05, 3.63) is 86.8 Å². The molecule has 0 aliphatic carbocycles. The number of aromatic amines is 1. The average molecular weight is 421 g/mol. The topological polar surface area (TPSA) is 49.0 Å². The Balaban J connectivity index is 1.57. The Morgan fingerprint density at radius 1 is 1.07 bits per heavy atom. The van der Waals surface area contributed by atoms with E-state index in [0.717, 1.165) is 30.3 Å². The summed E-state index contributed by atoms with van der Waals surface area (Å²) in [6.07, 6.45) is -4.04. The maximum Gasteiger partial charge on any atom is 0.416 e. The maximum absolute atomic E-state index is 13.9. The van der Waals surface area contributed by atoms with Crippen LogP contribution in [-0.4, -0.2) is 21.4 Å². The Labute approximate surface area is 168 Å². The monoisotopic (exact) mass is 421 g/mol. The number of alkyl halides is 3. The SMILES string of the molecule is O=c1[nH]c(-c2ccc(C(F)(F)F)cc2)nc2c1CN(Cc1cc(F)ccc1F)CC2. The average Bonchev–Trinajstić information content (AvgIpc) is 2.70. The summed E-state index contributed by atoms with van der Waals surface area (Å²) in [5.74, 6) is -0.867. The number of aromatic nitrogens is 2. The summed E-state index contributed by atoms with van der Waals surface area (Å²) >= 11 is 0. The molecule has 156 valence electrons. The van der Waals surface area contributed by atoms with Crippen LogP contribution in [0, 0.1) is 11.6 Å². The zero-order valence-electron chi connectivity index (χ0n) is 15.6. The summed E-state index contributed by atoms with van der Waals surface area (Å²) in [6, 6.07) is 7.62. The lowest BCUT2D eigenvalue weighted by molar-refractivity contribution is -0.137.